The summed E-state index contributed by atoms with van der Waals surface area (Å²) in [5, 5.41) is 89.4. The van der Waals surface area contributed by atoms with Crippen LogP contribution in [-0.4, -0.2) is 140 Å². The molecule has 0 aromatic rings. The van der Waals surface area contributed by atoms with Gasteiger partial charge in [0.15, 0.2) is 0 Å². The van der Waals surface area contributed by atoms with Gasteiger partial charge in [0.2, 0.25) is 0 Å². The van der Waals surface area contributed by atoms with Crippen molar-refractivity contribution in [2.24, 2.45) is 0 Å². The van der Waals surface area contributed by atoms with Crippen LogP contribution in [0.25, 0.3) is 0 Å². The number of aliphatic carboxylic acids is 2. The number of aliphatic hydroxyl groups excluding tert-OH is 6. The summed E-state index contributed by atoms with van der Waals surface area (Å²) in [6.07, 6.45) is -4.11. The molecular formula is C12H22CaO12. The average molecular weight is 398 g/mol. The van der Waals surface area contributed by atoms with Gasteiger partial charge in [-0.15, -0.1) is 0 Å². The maximum Gasteiger partial charge on any atom is 2.00 e. The van der Waals surface area contributed by atoms with E-state index in [4.69, 9.17) is 40.9 Å². The molecule has 13 heteroatoms. The molecule has 0 aliphatic rings. The van der Waals surface area contributed by atoms with Gasteiger partial charge in [-0.1, -0.05) is 0 Å². The Balaban J connectivity index is -0.000000372. The van der Waals surface area contributed by atoms with Crippen LogP contribution in [0, 0.1) is 0 Å². The van der Waals surface area contributed by atoms with Crippen LogP contribution in [0.2, 0.25) is 0 Å². The summed E-state index contributed by atoms with van der Waals surface area (Å²) >= 11 is 0. The van der Waals surface area contributed by atoms with Crippen molar-refractivity contribution in [2.45, 2.75) is 36.3 Å². The van der Waals surface area contributed by atoms with E-state index in [1.54, 1.807) is 0 Å². The van der Waals surface area contributed by atoms with Crippen LogP contribution >= 0.6 is 0 Å². The second-order valence-electron chi connectivity index (χ2n) is 5.04. The molecule has 4 unspecified atom stereocenters. The Hall–Kier alpha value is -0.120. The van der Waals surface area contributed by atoms with Crippen LogP contribution in [0.4, 0.5) is 0 Å². The summed E-state index contributed by atoms with van der Waals surface area (Å²) in [5.74, 6) is -3.75. The third kappa shape index (κ3) is 11.2. The minimum atomic E-state index is -2.48. The molecule has 0 saturated heterocycles. The molecule has 0 aliphatic carbocycles. The molecule has 0 bridgehead atoms. The van der Waals surface area contributed by atoms with Crippen LogP contribution in [0.5, 0.6) is 0 Å². The molecule has 0 aromatic carbocycles. The van der Waals surface area contributed by atoms with E-state index in [-0.39, 0.29) is 37.7 Å². The second-order valence-corrected chi connectivity index (χ2v) is 5.04. The van der Waals surface area contributed by atoms with Crippen molar-refractivity contribution in [2.75, 3.05) is 26.4 Å². The fourth-order valence-electron chi connectivity index (χ4n) is 1.33. The number of hydrogen-bond acceptors (Lipinski definition) is 12. The number of rotatable bonds is 10. The Morgan fingerprint density at radius 1 is 0.760 bits per heavy atom. The number of aliphatic hydroxyl groups is 8. The van der Waals surface area contributed by atoms with E-state index in [2.05, 4.69) is 0 Å². The second kappa shape index (κ2) is 14.0. The first-order chi connectivity index (χ1) is 10.9. The summed E-state index contributed by atoms with van der Waals surface area (Å²) in [6.45, 7) is -3.50. The van der Waals surface area contributed by atoms with Gasteiger partial charge in [0.05, 0.1) is 50.6 Å². The van der Waals surface area contributed by atoms with E-state index in [0.29, 0.717) is 0 Å². The molecule has 4 atom stereocenters. The number of carbonyl (C=O) groups excluding carboxylic acids is 2. The fraction of sp³-hybridized carbons (Fsp3) is 0.833. The van der Waals surface area contributed by atoms with Crippen molar-refractivity contribution in [1.29, 1.82) is 0 Å². The maximum atomic E-state index is 10.2. The van der Waals surface area contributed by atoms with Gasteiger partial charge in [-0.25, -0.2) is 0 Å². The van der Waals surface area contributed by atoms with Gasteiger partial charge in [-0.2, -0.15) is 0 Å². The van der Waals surface area contributed by atoms with Crippen LogP contribution < -0.4 is 10.2 Å². The predicted molar refractivity (Wildman–Crippen MR) is 75.3 cm³/mol. The van der Waals surface area contributed by atoms with Crippen LogP contribution in [0.1, 0.15) is 12.8 Å². The zero-order valence-electron chi connectivity index (χ0n) is 13.3. The number of carboxylic acid groups (broad SMARTS) is 2. The Morgan fingerprint density at radius 3 is 1.12 bits per heavy atom. The smallest absolute Gasteiger partial charge is 0.547 e. The van der Waals surface area contributed by atoms with Gasteiger partial charge in [0.1, 0.15) is 11.2 Å². The van der Waals surface area contributed by atoms with E-state index in [9.17, 15) is 19.8 Å². The summed E-state index contributed by atoms with van der Waals surface area (Å²) < 4.78 is 0. The Morgan fingerprint density at radius 2 is 1.00 bits per heavy atom. The third-order valence-electron chi connectivity index (χ3n) is 2.85. The first-order valence-electron chi connectivity index (χ1n) is 6.59. The van der Waals surface area contributed by atoms with Crippen molar-refractivity contribution >= 4 is 49.7 Å². The fourth-order valence-corrected chi connectivity index (χ4v) is 1.33. The van der Waals surface area contributed by atoms with Gasteiger partial charge in [0, 0.05) is 12.8 Å². The minimum Gasteiger partial charge on any atom is -0.547 e. The Bertz CT molecular complexity index is 358. The quantitative estimate of drug-likeness (QED) is 0.160. The third-order valence-corrected chi connectivity index (χ3v) is 2.85. The van der Waals surface area contributed by atoms with Gasteiger partial charge in [-0.05, 0) is 0 Å². The van der Waals surface area contributed by atoms with Crippen LogP contribution in [0.15, 0.2) is 0 Å². The molecule has 0 fully saturated rings. The first-order valence-corrected chi connectivity index (χ1v) is 6.59. The normalized spacial score (nSPS) is 17.6. The topological polar surface area (TPSA) is 242 Å². The molecule has 0 aliphatic heterocycles. The average Bonchev–Trinajstić information content (AvgIpc) is 2.54. The maximum absolute atomic E-state index is 10.2. The molecule has 25 heavy (non-hydrogen) atoms. The monoisotopic (exact) mass is 398 g/mol. The van der Waals surface area contributed by atoms with Crippen LogP contribution in [0.3, 0.4) is 0 Å². The molecule has 0 rings (SSSR count). The molecular weight excluding hydrogens is 376 g/mol. The van der Waals surface area contributed by atoms with E-state index in [0.717, 1.165) is 0 Å². The van der Waals surface area contributed by atoms with E-state index in [1.165, 1.54) is 0 Å². The van der Waals surface area contributed by atoms with Gasteiger partial charge < -0.3 is 60.7 Å². The molecule has 0 aromatic heterocycles. The molecule has 144 valence electrons. The number of carboxylic acids is 2. The molecule has 0 radical (unpaired) electrons. The Kier molecular flexibility index (Phi) is 16.6. The standard InChI is InChI=1S/2C6H12O6.Ca/c2*7-2-4(9)1-6(12,3-8)5(10)11;/h2*4,7-9,12H,1-3H2,(H,10,11);/q;;+2/p-2. The largest absolute Gasteiger partial charge is 2.00 e. The van der Waals surface area contributed by atoms with E-state index < -0.39 is 74.6 Å². The first kappa shape index (κ1) is 29.6. The van der Waals surface area contributed by atoms with Crippen LogP contribution in [-0.2, 0) is 9.59 Å². The number of hydrogen-bond donors (Lipinski definition) is 8. The zero-order chi connectivity index (χ0) is 19.6. The molecule has 12 nitrogen and oxygen atoms in total. The van der Waals surface area contributed by atoms with Crippen molar-refractivity contribution in [1.82, 2.24) is 0 Å². The van der Waals surface area contributed by atoms with Crippen molar-refractivity contribution in [3.63, 3.8) is 0 Å². The van der Waals surface area contributed by atoms with Gasteiger partial charge >= 0.3 is 37.7 Å². The van der Waals surface area contributed by atoms with Gasteiger partial charge in [-0.3, -0.25) is 0 Å². The predicted octanol–water partition coefficient (Wildman–Crippen LogP) is -7.97. The molecule has 0 heterocycles. The molecule has 0 amide bonds. The summed E-state index contributed by atoms with van der Waals surface area (Å²) in [7, 11) is 0. The summed E-state index contributed by atoms with van der Waals surface area (Å²) in [5.41, 5.74) is -4.97. The molecule has 0 spiro atoms. The summed E-state index contributed by atoms with van der Waals surface area (Å²) in [6, 6.07) is 0. The summed E-state index contributed by atoms with van der Waals surface area (Å²) in [4.78, 5) is 20.4. The number of carbonyl (C=O) groups is 2. The van der Waals surface area contributed by atoms with E-state index in [1.807, 2.05) is 0 Å². The molecule has 0 saturated carbocycles. The zero-order valence-corrected chi connectivity index (χ0v) is 15.5. The van der Waals surface area contributed by atoms with E-state index >= 15 is 0 Å². The SMILES string of the molecule is O=C([O-])C(O)(CO)CC(O)CO.O=C([O-])C(O)(CO)CC(O)CO.[Ca+2]. The minimum absolute atomic E-state index is 0. The van der Waals surface area contributed by atoms with Gasteiger partial charge in [0.25, 0.3) is 0 Å². The van der Waals surface area contributed by atoms with Crippen molar-refractivity contribution < 1.29 is 60.7 Å². The molecule has 8 N–H and O–H groups in total. The van der Waals surface area contributed by atoms with Crippen molar-refractivity contribution in [3.05, 3.63) is 0 Å². The Labute approximate surface area is 172 Å². The van der Waals surface area contributed by atoms with Crippen molar-refractivity contribution in [3.8, 4) is 0 Å².